The van der Waals surface area contributed by atoms with Gasteiger partial charge in [0.2, 0.25) is 0 Å². The highest BCUT2D eigenvalue weighted by molar-refractivity contribution is 6.30. The summed E-state index contributed by atoms with van der Waals surface area (Å²) in [6.45, 7) is 2.98. The van der Waals surface area contributed by atoms with Crippen LogP contribution in [0.25, 0.3) is 0 Å². The number of halogens is 1. The summed E-state index contributed by atoms with van der Waals surface area (Å²) in [4.78, 5) is 4.51. The van der Waals surface area contributed by atoms with Gasteiger partial charge in [-0.15, -0.1) is 0 Å². The summed E-state index contributed by atoms with van der Waals surface area (Å²) in [6.07, 6.45) is 2.62. The largest absolute Gasteiger partial charge is 0.373 e. The Morgan fingerprint density at radius 1 is 1.21 bits per heavy atom. The van der Waals surface area contributed by atoms with Gasteiger partial charge in [-0.1, -0.05) is 11.6 Å². The highest BCUT2D eigenvalue weighted by Gasteiger charge is 2.20. The lowest BCUT2D eigenvalue weighted by Crippen LogP contribution is -2.29. The van der Waals surface area contributed by atoms with Gasteiger partial charge in [0.1, 0.15) is 0 Å². The molecule has 1 fully saturated rings. The quantitative estimate of drug-likeness (QED) is 0.829. The first-order chi connectivity index (χ1) is 9.06. The number of hydrogen-bond acceptors (Lipinski definition) is 3. The first-order valence-electron chi connectivity index (χ1n) is 6.94. The Bertz CT molecular complexity index is 416. The van der Waals surface area contributed by atoms with Crippen LogP contribution in [0.4, 0.5) is 5.69 Å². The van der Waals surface area contributed by atoms with Gasteiger partial charge >= 0.3 is 0 Å². The smallest absolute Gasteiger partial charge is 0.0410 e. The number of nitrogens with one attached hydrogen (secondary N) is 1. The van der Waals surface area contributed by atoms with E-state index in [1.807, 2.05) is 6.07 Å². The average Bonchev–Trinajstić information content (AvgIpc) is 3.17. The summed E-state index contributed by atoms with van der Waals surface area (Å²) >= 11 is 6.13. The molecule has 0 atom stereocenters. The molecule has 1 aliphatic rings. The fourth-order valence-corrected chi connectivity index (χ4v) is 2.27. The van der Waals surface area contributed by atoms with Gasteiger partial charge in [-0.2, -0.15) is 0 Å². The van der Waals surface area contributed by atoms with E-state index in [1.54, 1.807) is 0 Å². The third-order valence-electron chi connectivity index (χ3n) is 3.49. The molecule has 2 rings (SSSR count). The van der Waals surface area contributed by atoms with Gasteiger partial charge in [0.25, 0.3) is 0 Å². The maximum Gasteiger partial charge on any atom is 0.0410 e. The normalized spacial score (nSPS) is 15.0. The summed E-state index contributed by atoms with van der Waals surface area (Å²) in [7, 11) is 6.35. The van der Waals surface area contributed by atoms with E-state index in [-0.39, 0.29) is 0 Å². The molecule has 0 radical (unpaired) electrons. The van der Waals surface area contributed by atoms with Crippen LogP contribution in [0.5, 0.6) is 0 Å². The number of nitrogens with zero attached hydrogens (tertiary/aromatic N) is 2. The van der Waals surface area contributed by atoms with Gasteiger partial charge in [-0.25, -0.2) is 0 Å². The molecule has 1 N–H and O–H groups in total. The Balaban J connectivity index is 2.03. The first kappa shape index (κ1) is 14.6. The molecular formula is C15H24ClN3. The summed E-state index contributed by atoms with van der Waals surface area (Å²) in [5.41, 5.74) is 2.57. The van der Waals surface area contributed by atoms with Crippen LogP contribution in [0, 0.1) is 0 Å². The van der Waals surface area contributed by atoms with Crippen molar-refractivity contribution in [1.29, 1.82) is 0 Å². The van der Waals surface area contributed by atoms with Crippen molar-refractivity contribution in [2.45, 2.75) is 25.4 Å². The predicted octanol–water partition coefficient (Wildman–Crippen LogP) is 2.59. The van der Waals surface area contributed by atoms with Crippen LogP contribution in [-0.4, -0.2) is 45.2 Å². The third kappa shape index (κ3) is 4.68. The SMILES string of the molecule is CN(C)CCN(C)c1ccc(Cl)cc1CNC1CC1. The average molecular weight is 282 g/mol. The molecule has 0 bridgehead atoms. The maximum atomic E-state index is 6.13. The molecule has 1 aromatic rings. The zero-order chi connectivity index (χ0) is 13.8. The molecule has 0 spiro atoms. The lowest BCUT2D eigenvalue weighted by atomic mass is 10.1. The van der Waals surface area contributed by atoms with Crippen LogP contribution in [0.1, 0.15) is 18.4 Å². The van der Waals surface area contributed by atoms with Crippen LogP contribution in [0.15, 0.2) is 18.2 Å². The molecular weight excluding hydrogens is 258 g/mol. The van der Waals surface area contributed by atoms with E-state index < -0.39 is 0 Å². The summed E-state index contributed by atoms with van der Waals surface area (Å²) < 4.78 is 0. The van der Waals surface area contributed by atoms with Crippen LogP contribution < -0.4 is 10.2 Å². The molecule has 106 valence electrons. The van der Waals surface area contributed by atoms with E-state index in [2.05, 4.69) is 48.4 Å². The number of rotatable bonds is 7. The van der Waals surface area contributed by atoms with Crippen molar-refractivity contribution in [3.63, 3.8) is 0 Å². The van der Waals surface area contributed by atoms with Crippen molar-refractivity contribution < 1.29 is 0 Å². The minimum Gasteiger partial charge on any atom is -0.373 e. The molecule has 0 heterocycles. The monoisotopic (exact) mass is 281 g/mol. The number of anilines is 1. The minimum atomic E-state index is 0.721. The minimum absolute atomic E-state index is 0.721. The van der Waals surface area contributed by atoms with Crippen LogP contribution in [0.3, 0.4) is 0 Å². The van der Waals surface area contributed by atoms with Crippen molar-refractivity contribution in [2.75, 3.05) is 39.1 Å². The number of likely N-dealkylation sites (N-methyl/N-ethyl adjacent to an activating group) is 2. The van der Waals surface area contributed by atoms with Crippen molar-refractivity contribution in [3.05, 3.63) is 28.8 Å². The third-order valence-corrected chi connectivity index (χ3v) is 3.73. The molecule has 3 nitrogen and oxygen atoms in total. The Hall–Kier alpha value is -0.770. The fraction of sp³-hybridized carbons (Fsp3) is 0.600. The van der Waals surface area contributed by atoms with Crippen LogP contribution >= 0.6 is 11.6 Å². The predicted molar refractivity (Wildman–Crippen MR) is 83.1 cm³/mol. The van der Waals surface area contributed by atoms with Crippen molar-refractivity contribution >= 4 is 17.3 Å². The lowest BCUT2D eigenvalue weighted by molar-refractivity contribution is 0.416. The second kappa shape index (κ2) is 6.60. The highest BCUT2D eigenvalue weighted by Crippen LogP contribution is 2.25. The Morgan fingerprint density at radius 2 is 1.95 bits per heavy atom. The topological polar surface area (TPSA) is 18.5 Å². The highest BCUT2D eigenvalue weighted by atomic mass is 35.5. The second-order valence-electron chi connectivity index (χ2n) is 5.65. The summed E-state index contributed by atoms with van der Waals surface area (Å²) in [5, 5.41) is 4.38. The van der Waals surface area contributed by atoms with Gasteiger partial charge in [-0.05, 0) is 50.7 Å². The van der Waals surface area contributed by atoms with Gasteiger partial charge < -0.3 is 15.1 Å². The van der Waals surface area contributed by atoms with Crippen molar-refractivity contribution in [1.82, 2.24) is 10.2 Å². The molecule has 4 heteroatoms. The Labute approximate surface area is 121 Å². The van der Waals surface area contributed by atoms with Gasteiger partial charge in [0.15, 0.2) is 0 Å². The molecule has 0 amide bonds. The van der Waals surface area contributed by atoms with E-state index in [4.69, 9.17) is 11.6 Å². The molecule has 1 saturated carbocycles. The zero-order valence-electron chi connectivity index (χ0n) is 12.1. The van der Waals surface area contributed by atoms with Gasteiger partial charge in [0, 0.05) is 43.4 Å². The Kier molecular flexibility index (Phi) is 5.08. The van der Waals surface area contributed by atoms with E-state index in [1.165, 1.54) is 24.1 Å². The van der Waals surface area contributed by atoms with E-state index in [0.29, 0.717) is 0 Å². The first-order valence-corrected chi connectivity index (χ1v) is 7.31. The molecule has 0 unspecified atom stereocenters. The second-order valence-corrected chi connectivity index (χ2v) is 6.09. The summed E-state index contributed by atoms with van der Waals surface area (Å²) in [5.74, 6) is 0. The lowest BCUT2D eigenvalue weighted by Gasteiger charge is -2.24. The molecule has 19 heavy (non-hydrogen) atoms. The molecule has 1 aromatic carbocycles. The molecule has 0 aliphatic heterocycles. The maximum absolute atomic E-state index is 6.13. The fourth-order valence-electron chi connectivity index (χ4n) is 2.08. The van der Waals surface area contributed by atoms with Crippen molar-refractivity contribution in [2.24, 2.45) is 0 Å². The van der Waals surface area contributed by atoms with E-state index >= 15 is 0 Å². The van der Waals surface area contributed by atoms with E-state index in [0.717, 1.165) is 30.7 Å². The summed E-state index contributed by atoms with van der Waals surface area (Å²) in [6, 6.07) is 6.91. The molecule has 1 aliphatic carbocycles. The number of benzene rings is 1. The van der Waals surface area contributed by atoms with Gasteiger partial charge in [-0.3, -0.25) is 0 Å². The van der Waals surface area contributed by atoms with Crippen LogP contribution in [0.2, 0.25) is 5.02 Å². The Morgan fingerprint density at radius 3 is 2.58 bits per heavy atom. The van der Waals surface area contributed by atoms with E-state index in [9.17, 15) is 0 Å². The zero-order valence-corrected chi connectivity index (χ0v) is 12.9. The number of hydrogen-bond donors (Lipinski definition) is 1. The standard InChI is InChI=1S/C15H24ClN3/c1-18(2)8-9-19(3)15-7-4-13(16)10-12(15)11-17-14-5-6-14/h4,7,10,14,17H,5-6,8-9,11H2,1-3H3. The molecule has 0 saturated heterocycles. The van der Waals surface area contributed by atoms with Crippen LogP contribution in [-0.2, 0) is 6.54 Å². The molecule has 0 aromatic heterocycles. The van der Waals surface area contributed by atoms with Crippen molar-refractivity contribution in [3.8, 4) is 0 Å². The van der Waals surface area contributed by atoms with Gasteiger partial charge in [0.05, 0.1) is 0 Å².